The Morgan fingerprint density at radius 3 is 0.511 bits per heavy atom. The van der Waals surface area contributed by atoms with Gasteiger partial charge in [-0.3, -0.25) is 9.59 Å². The lowest BCUT2D eigenvalue weighted by molar-refractivity contribution is -0.141. The van der Waals surface area contributed by atoms with Crippen LogP contribution >= 0.6 is 0 Å². The fourth-order valence-electron chi connectivity index (χ4n) is 7.08. The zero-order chi connectivity index (χ0) is 112. The third-order valence-corrected chi connectivity index (χ3v) is 13.6. The zero-order valence-electron chi connectivity index (χ0n) is 82.9. The van der Waals surface area contributed by atoms with Crippen LogP contribution in [0.2, 0.25) is 0 Å². The van der Waals surface area contributed by atoms with Crippen molar-refractivity contribution in [2.24, 2.45) is 0 Å². The van der Waals surface area contributed by atoms with Crippen molar-refractivity contribution >= 4 is 59.7 Å². The summed E-state index contributed by atoms with van der Waals surface area (Å²) in [5.41, 5.74) is 1.19. The van der Waals surface area contributed by atoms with Crippen molar-refractivity contribution in [1.29, 1.82) is 0 Å². The van der Waals surface area contributed by atoms with E-state index in [0.717, 1.165) is 51.2 Å². The van der Waals surface area contributed by atoms with Crippen molar-refractivity contribution in [2.75, 3.05) is 197 Å². The summed E-state index contributed by atoms with van der Waals surface area (Å²) in [5, 5.41) is 35.7. The average Bonchev–Trinajstić information content (AvgIpc) is 0.891. The molecule has 0 radical (unpaired) electrons. The quantitative estimate of drug-likeness (QED) is 0.0179. The van der Waals surface area contributed by atoms with Crippen LogP contribution in [0.4, 0.5) is 96.6 Å². The molecule has 0 saturated carbocycles. The van der Waals surface area contributed by atoms with Gasteiger partial charge in [-0.2, -0.15) is 13.1 Å². The monoisotopic (exact) mass is 2090 g/mol. The molecule has 0 aliphatic carbocycles. The number of hydrogen-bond donors (Lipinski definition) is 0. The lowest BCUT2D eigenvalue weighted by Crippen LogP contribution is -2.30. The van der Waals surface area contributed by atoms with Crippen molar-refractivity contribution in [3.05, 3.63) is 152 Å². The van der Waals surface area contributed by atoms with Crippen LogP contribution in [0, 0.1) is 0 Å². The van der Waals surface area contributed by atoms with Crippen LogP contribution in [0.1, 0.15) is 149 Å². The number of alkyl halides is 22. The Morgan fingerprint density at radius 1 is 0.227 bits per heavy atom. The van der Waals surface area contributed by atoms with Gasteiger partial charge in [-0.25, -0.2) is 135 Å². The molecule has 141 heavy (non-hydrogen) atoms. The van der Waals surface area contributed by atoms with Gasteiger partial charge >= 0.3 is 59.7 Å². The minimum atomic E-state index is -3.56. The summed E-state index contributed by atoms with van der Waals surface area (Å²) in [7, 11) is 0. The summed E-state index contributed by atoms with van der Waals surface area (Å²) >= 11 is 0. The molecule has 30 nitrogen and oxygen atoms in total. The normalized spacial score (nSPS) is 11.3. The largest absolute Gasteiger partial charge is 0.660 e. The number of hydrogen-bond acceptors (Lipinski definition) is 20. The van der Waals surface area contributed by atoms with E-state index >= 15 is 0 Å². The van der Waals surface area contributed by atoms with E-state index in [0.29, 0.717) is 52.6 Å². The second-order valence-corrected chi connectivity index (χ2v) is 29.3. The van der Waals surface area contributed by atoms with Crippen LogP contribution in [-0.2, 0) is 95.3 Å². The summed E-state index contributed by atoms with van der Waals surface area (Å²) in [6, 6.07) is 0. The van der Waals surface area contributed by atoms with Gasteiger partial charge in [0.1, 0.15) is 0 Å². The van der Waals surface area contributed by atoms with E-state index in [2.05, 4.69) is 148 Å². The van der Waals surface area contributed by atoms with Gasteiger partial charge < -0.3 is 101 Å². The van der Waals surface area contributed by atoms with Crippen LogP contribution in [0.5, 0.6) is 0 Å². The molecular weight excluding hydrogens is 1950 g/mol. The first kappa shape index (κ1) is 152. The molecule has 0 aliphatic rings. The maximum Gasteiger partial charge on any atom is 0.333 e. The Kier molecular flexibility index (Phi) is 94.0. The standard InChI is InChI=1S/C11H16F4NO2.C10H14F4NO2.C10H16F2NO2.C9H14F4NO2.2C9H14F2NO2.C8H12F2NO2.C8H14F2NO2.C8H14NO2.C7H12NO2/c1-8(2)9(17)18-5-4-16-7-11(14,15)6-10(3,12)13;1-3-8(16)17-5-4-15-7-10(13,14)6-9(2,11)12;1-4-10(11,12)7-13-5-6-15-9(14)8(2)3;1-7(15)16-4-3-14-6-9(12,13)5-8(2,10)11;1-7(2)8(13)14-5-4-12-6-9(3,10)11;1-3-8(13)14-6-5-12-7-9(10,11)4-2;1-3-7(12)13-5-4-11-6-8(2,9)10;1-3-8(9,10)6-11-4-5-13-7(2)12;1-4-9-5-6-11-8(10)7(2)3;1-3-7(9)10-6-5-8-4-2/h1,4-7H2,2-3H3;3H,1,4-7H2,2H3;2,4-7H2,1,3H3;3-6H2,1-2H3;1,4-6H2,2-3H3;3H,1,4-7H2,2H3;3H,1,4-6H2,2H3;3-6H2,1-2H3;2,4-6H2,1,3H3;3H,1,4-6H2,2H3/q10*-1. The molecule has 0 spiro atoms. The minimum absolute atomic E-state index is 0.0148. The predicted molar refractivity (Wildman–Crippen MR) is 491 cm³/mol. The maximum absolute atomic E-state index is 12.9. The van der Waals surface area contributed by atoms with Gasteiger partial charge in [0.2, 0.25) is 47.4 Å². The molecule has 0 unspecified atom stereocenters. The fourth-order valence-corrected chi connectivity index (χ4v) is 7.08. The van der Waals surface area contributed by atoms with E-state index in [1.54, 1.807) is 6.92 Å². The third kappa shape index (κ3) is 137. The van der Waals surface area contributed by atoms with E-state index < -0.39 is 185 Å². The minimum Gasteiger partial charge on any atom is -0.660 e. The molecule has 0 N–H and O–H groups in total. The molecule has 0 aromatic carbocycles. The summed E-state index contributed by atoms with van der Waals surface area (Å²) in [4.78, 5) is 106. The van der Waals surface area contributed by atoms with E-state index in [4.69, 9.17) is 4.74 Å². The Bertz CT molecular complexity index is 3460. The van der Waals surface area contributed by atoms with E-state index in [-0.39, 0.29) is 153 Å². The van der Waals surface area contributed by atoms with Gasteiger partial charge in [0, 0.05) is 79.7 Å². The highest BCUT2D eigenvalue weighted by molar-refractivity contribution is 5.88. The van der Waals surface area contributed by atoms with Gasteiger partial charge in [0.25, 0.3) is 17.8 Å². The summed E-state index contributed by atoms with van der Waals surface area (Å²) in [5.74, 6) is -39.9. The molecule has 0 heterocycles. The number of carbonyl (C=O) groups is 10. The summed E-state index contributed by atoms with van der Waals surface area (Å²) in [6.07, 6.45) is -1.22. The summed E-state index contributed by atoms with van der Waals surface area (Å²) < 4.78 is 321. The number of likely N-dealkylation sites (N-methyl/N-ethyl adjacent to an activating group) is 2. The molecule has 830 valence electrons. The van der Waals surface area contributed by atoms with Crippen molar-refractivity contribution in [2.45, 2.75) is 214 Å². The molecule has 0 aromatic heterocycles. The Hall–Kier alpha value is -9.32. The van der Waals surface area contributed by atoms with Gasteiger partial charge in [-0.1, -0.05) is 140 Å². The number of halogens is 22. The van der Waals surface area contributed by atoms with Crippen molar-refractivity contribution in [3.8, 4) is 0 Å². The number of rotatable bonds is 65. The van der Waals surface area contributed by atoms with Crippen LogP contribution in [0.3, 0.4) is 0 Å². The molecule has 0 atom stereocenters. The lowest BCUT2D eigenvalue weighted by Gasteiger charge is -2.28. The molecule has 0 aromatic rings. The van der Waals surface area contributed by atoms with Gasteiger partial charge in [0.05, 0.1) is 85.3 Å². The number of ether oxygens (including phenoxy) is 10. The SMILES string of the molecule is C=C(C)C(=O)OCC[N-]CC.C=C(C)C(=O)OCC[N-]CC(C)(F)F.C=C(C)C(=O)OCC[N-]CC(F)(F)CC.C=C(C)C(=O)OCC[N-]CC(F)(F)CC(C)(F)F.C=CC(=O)OCC[N-]CC.C=CC(=O)OCC[N-]CC(C)(F)F.C=CC(=O)OCC[N-]CC(F)(F)CC.C=CC(=O)OCC[N-]CC(F)(F)CC(C)(F)F.CC(=O)OCC[N-]CC(F)(F)CC(C)(F)F.CCC(F)(F)C[N-]CCOC(C)=O. The van der Waals surface area contributed by atoms with E-state index in [1.165, 1.54) is 55.4 Å². The fraction of sp³-hybridized carbons (Fsp3) is 0.708. The second kappa shape index (κ2) is 87.3. The third-order valence-electron chi connectivity index (χ3n) is 13.6. The molecule has 0 aliphatic heterocycles. The van der Waals surface area contributed by atoms with Crippen LogP contribution in [-0.4, -0.2) is 322 Å². The topological polar surface area (TPSA) is 404 Å². The Balaban J connectivity index is -0.000000170. The van der Waals surface area contributed by atoms with Crippen molar-refractivity contribution in [1.82, 2.24) is 0 Å². The summed E-state index contributed by atoms with van der Waals surface area (Å²) in [6.45, 7) is 43.2. The Morgan fingerprint density at radius 2 is 0.376 bits per heavy atom. The highest BCUT2D eigenvalue weighted by atomic mass is 19.3. The van der Waals surface area contributed by atoms with Gasteiger partial charge in [0.15, 0.2) is 0 Å². The van der Waals surface area contributed by atoms with E-state index in [9.17, 15) is 145 Å². The number of nitrogens with zero attached hydrogens (tertiary/aromatic N) is 10. The molecule has 0 bridgehead atoms. The van der Waals surface area contributed by atoms with Crippen LogP contribution in [0.15, 0.2) is 99.2 Å². The molecular formula is C89H140F22N10O20-10. The van der Waals surface area contributed by atoms with Crippen LogP contribution in [0.25, 0.3) is 53.2 Å². The molecule has 0 fully saturated rings. The average molecular weight is 2090 g/mol. The molecule has 52 heteroatoms. The first-order chi connectivity index (χ1) is 64.5. The zero-order valence-corrected chi connectivity index (χ0v) is 82.9. The van der Waals surface area contributed by atoms with Gasteiger partial charge in [-0.05, 0) is 62.3 Å². The second-order valence-electron chi connectivity index (χ2n) is 29.3. The Labute approximate surface area is 812 Å². The maximum atomic E-state index is 12.9. The van der Waals surface area contributed by atoms with Gasteiger partial charge in [-0.15, -0.1) is 65.4 Å². The molecule has 0 saturated heterocycles. The highest BCUT2D eigenvalue weighted by Gasteiger charge is 2.39. The van der Waals surface area contributed by atoms with Crippen LogP contribution < -0.4 is 0 Å². The molecule has 0 amide bonds. The number of esters is 10. The predicted octanol–water partition coefficient (Wildman–Crippen LogP) is 21.6. The van der Waals surface area contributed by atoms with E-state index in [1.807, 2.05) is 13.8 Å². The first-order valence-electron chi connectivity index (χ1n) is 42.7. The first-order valence-corrected chi connectivity index (χ1v) is 42.7. The lowest BCUT2D eigenvalue weighted by atomic mass is 10.1. The number of carbonyl (C=O) groups excluding carboxylic acids is 10. The van der Waals surface area contributed by atoms with Crippen molar-refractivity contribution < 1.29 is 192 Å². The smallest absolute Gasteiger partial charge is 0.333 e. The molecule has 0 rings (SSSR count). The highest BCUT2D eigenvalue weighted by Crippen LogP contribution is 2.34. The van der Waals surface area contributed by atoms with Crippen molar-refractivity contribution in [3.63, 3.8) is 0 Å².